The lowest BCUT2D eigenvalue weighted by atomic mass is 10.1. The minimum atomic E-state index is -0.812. The summed E-state index contributed by atoms with van der Waals surface area (Å²) in [7, 11) is 1.69. The van der Waals surface area contributed by atoms with Gasteiger partial charge in [0.2, 0.25) is 0 Å². The Morgan fingerprint density at radius 3 is 2.43 bits per heavy atom. The van der Waals surface area contributed by atoms with Crippen molar-refractivity contribution < 1.29 is 8.78 Å². The summed E-state index contributed by atoms with van der Waals surface area (Å²) >= 11 is 0. The van der Waals surface area contributed by atoms with E-state index in [-0.39, 0.29) is 0 Å². The number of benzene rings is 2. The Bertz CT molecular complexity index is 784. The van der Waals surface area contributed by atoms with Crippen LogP contribution in [0.15, 0.2) is 47.5 Å². The summed E-state index contributed by atoms with van der Waals surface area (Å²) in [6.45, 7) is 4.54. The quantitative estimate of drug-likeness (QED) is 0.565. The molecule has 0 radical (unpaired) electrons. The van der Waals surface area contributed by atoms with Gasteiger partial charge in [-0.1, -0.05) is 36.4 Å². The van der Waals surface area contributed by atoms with Crippen molar-refractivity contribution in [2.24, 2.45) is 4.99 Å². The highest BCUT2D eigenvalue weighted by atomic mass is 19.2. The summed E-state index contributed by atoms with van der Waals surface area (Å²) in [6.07, 6.45) is 3.00. The van der Waals surface area contributed by atoms with Crippen LogP contribution in [0.5, 0.6) is 0 Å². The van der Waals surface area contributed by atoms with Crippen LogP contribution in [-0.2, 0) is 19.5 Å². The van der Waals surface area contributed by atoms with E-state index in [1.165, 1.54) is 43.1 Å². The first-order valence-corrected chi connectivity index (χ1v) is 9.83. The van der Waals surface area contributed by atoms with Crippen LogP contribution in [0.4, 0.5) is 8.78 Å². The third-order valence-electron chi connectivity index (χ3n) is 5.03. The summed E-state index contributed by atoms with van der Waals surface area (Å²) in [5, 5.41) is 6.39. The molecule has 150 valence electrons. The average Bonchev–Trinajstić information content (AvgIpc) is 3.22. The number of nitrogens with one attached hydrogen (secondary N) is 2. The first kappa shape index (κ1) is 20.3. The zero-order valence-electron chi connectivity index (χ0n) is 16.3. The van der Waals surface area contributed by atoms with Crippen LogP contribution in [0.2, 0.25) is 0 Å². The Morgan fingerprint density at radius 2 is 1.71 bits per heavy atom. The molecule has 6 heteroatoms. The highest BCUT2D eigenvalue weighted by molar-refractivity contribution is 5.79. The smallest absolute Gasteiger partial charge is 0.191 e. The van der Waals surface area contributed by atoms with Crippen LogP contribution in [-0.4, -0.2) is 37.5 Å². The molecule has 2 N–H and O–H groups in total. The van der Waals surface area contributed by atoms with E-state index in [1.54, 1.807) is 13.1 Å². The van der Waals surface area contributed by atoms with E-state index in [0.29, 0.717) is 31.0 Å². The molecule has 1 aliphatic heterocycles. The van der Waals surface area contributed by atoms with Crippen LogP contribution in [0.25, 0.3) is 0 Å². The van der Waals surface area contributed by atoms with Crippen molar-refractivity contribution in [3.63, 3.8) is 0 Å². The molecule has 0 atom stereocenters. The van der Waals surface area contributed by atoms with Gasteiger partial charge in [-0.25, -0.2) is 8.78 Å². The Balaban J connectivity index is 1.42. The average molecular weight is 386 g/mol. The van der Waals surface area contributed by atoms with Gasteiger partial charge in [-0.15, -0.1) is 0 Å². The van der Waals surface area contributed by atoms with E-state index in [4.69, 9.17) is 0 Å². The second-order valence-corrected chi connectivity index (χ2v) is 7.12. The minimum Gasteiger partial charge on any atom is -0.356 e. The molecule has 0 spiro atoms. The van der Waals surface area contributed by atoms with Crippen molar-refractivity contribution in [3.8, 4) is 0 Å². The number of hydrogen-bond acceptors (Lipinski definition) is 2. The Morgan fingerprint density at radius 1 is 1.00 bits per heavy atom. The molecule has 3 rings (SSSR count). The van der Waals surface area contributed by atoms with Crippen molar-refractivity contribution >= 4 is 5.96 Å². The maximum absolute atomic E-state index is 13.7. The van der Waals surface area contributed by atoms with Crippen LogP contribution < -0.4 is 10.6 Å². The predicted octanol–water partition coefficient (Wildman–Crippen LogP) is 3.47. The fraction of sp³-hybridized carbons (Fsp3) is 0.409. The van der Waals surface area contributed by atoms with Gasteiger partial charge in [0, 0.05) is 26.7 Å². The van der Waals surface area contributed by atoms with Gasteiger partial charge in [0.15, 0.2) is 17.6 Å². The summed E-state index contributed by atoms with van der Waals surface area (Å²) in [4.78, 5) is 6.67. The lowest BCUT2D eigenvalue weighted by Gasteiger charge is -2.15. The largest absolute Gasteiger partial charge is 0.356 e. The van der Waals surface area contributed by atoms with Gasteiger partial charge in [-0.2, -0.15) is 0 Å². The Hall–Kier alpha value is -2.47. The van der Waals surface area contributed by atoms with Crippen LogP contribution in [0.1, 0.15) is 29.5 Å². The SMILES string of the molecule is CN=C(NCCc1cccc(F)c1F)NCc1ccc(CN2CCCC2)cc1. The molecule has 1 saturated heterocycles. The highest BCUT2D eigenvalue weighted by Gasteiger charge is 2.11. The molecule has 0 bridgehead atoms. The first-order valence-electron chi connectivity index (χ1n) is 9.83. The van der Waals surface area contributed by atoms with E-state index < -0.39 is 11.6 Å². The lowest BCUT2D eigenvalue weighted by Crippen LogP contribution is -2.37. The molecule has 0 amide bonds. The topological polar surface area (TPSA) is 39.7 Å². The summed E-state index contributed by atoms with van der Waals surface area (Å²) < 4.78 is 26.9. The second kappa shape index (κ2) is 10.2. The number of hydrogen-bond donors (Lipinski definition) is 2. The number of rotatable bonds is 7. The predicted molar refractivity (Wildman–Crippen MR) is 109 cm³/mol. The normalized spacial score (nSPS) is 15.0. The molecule has 0 aromatic heterocycles. The maximum Gasteiger partial charge on any atom is 0.191 e. The molecular weight excluding hydrogens is 358 g/mol. The number of halogens is 2. The van der Waals surface area contributed by atoms with Crippen LogP contribution in [0, 0.1) is 11.6 Å². The monoisotopic (exact) mass is 386 g/mol. The Labute approximate surface area is 165 Å². The van der Waals surface area contributed by atoms with E-state index in [9.17, 15) is 8.78 Å². The molecule has 1 heterocycles. The molecule has 1 fully saturated rings. The molecule has 4 nitrogen and oxygen atoms in total. The minimum absolute atomic E-state index is 0.358. The Kier molecular flexibility index (Phi) is 7.37. The highest BCUT2D eigenvalue weighted by Crippen LogP contribution is 2.13. The zero-order chi connectivity index (χ0) is 19.8. The number of guanidine groups is 1. The standard InChI is InChI=1S/C22H28F2N4/c1-25-22(26-12-11-19-5-4-6-20(23)21(19)24)27-15-17-7-9-18(10-8-17)16-28-13-2-3-14-28/h4-10H,2-3,11-16H2,1H3,(H2,25,26,27). The molecule has 2 aromatic carbocycles. The van der Waals surface area contributed by atoms with Crippen molar-refractivity contribution in [3.05, 3.63) is 70.8 Å². The molecular formula is C22H28F2N4. The molecule has 0 saturated carbocycles. The van der Waals surface area contributed by atoms with Gasteiger partial charge in [0.25, 0.3) is 0 Å². The molecule has 0 aliphatic carbocycles. The van der Waals surface area contributed by atoms with Gasteiger partial charge in [0.1, 0.15) is 0 Å². The van der Waals surface area contributed by atoms with E-state index >= 15 is 0 Å². The molecule has 0 unspecified atom stereocenters. The first-order chi connectivity index (χ1) is 13.7. The van der Waals surface area contributed by atoms with E-state index in [2.05, 4.69) is 44.8 Å². The summed E-state index contributed by atoms with van der Waals surface area (Å²) in [6, 6.07) is 12.9. The van der Waals surface area contributed by atoms with E-state index in [0.717, 1.165) is 12.6 Å². The summed E-state index contributed by atoms with van der Waals surface area (Å²) in [5.74, 6) is -0.951. The molecule has 2 aromatic rings. The molecule has 1 aliphatic rings. The number of aliphatic imine (C=N–C) groups is 1. The zero-order valence-corrected chi connectivity index (χ0v) is 16.3. The second-order valence-electron chi connectivity index (χ2n) is 7.12. The van der Waals surface area contributed by atoms with Gasteiger partial charge >= 0.3 is 0 Å². The number of likely N-dealkylation sites (tertiary alicyclic amines) is 1. The van der Waals surface area contributed by atoms with Gasteiger partial charge < -0.3 is 10.6 Å². The fourth-order valence-corrected chi connectivity index (χ4v) is 3.42. The van der Waals surface area contributed by atoms with Gasteiger partial charge in [0.05, 0.1) is 0 Å². The van der Waals surface area contributed by atoms with Crippen molar-refractivity contribution in [2.45, 2.75) is 32.4 Å². The van der Waals surface area contributed by atoms with Crippen LogP contribution >= 0.6 is 0 Å². The molecule has 28 heavy (non-hydrogen) atoms. The van der Waals surface area contributed by atoms with E-state index in [1.807, 2.05) is 0 Å². The maximum atomic E-state index is 13.7. The van der Waals surface area contributed by atoms with Crippen LogP contribution in [0.3, 0.4) is 0 Å². The van der Waals surface area contributed by atoms with Gasteiger partial charge in [-0.3, -0.25) is 9.89 Å². The number of nitrogens with zero attached hydrogens (tertiary/aromatic N) is 2. The third kappa shape index (κ3) is 5.76. The fourth-order valence-electron chi connectivity index (χ4n) is 3.42. The van der Waals surface area contributed by atoms with Gasteiger partial charge in [-0.05, 0) is 55.1 Å². The van der Waals surface area contributed by atoms with Crippen molar-refractivity contribution in [2.75, 3.05) is 26.7 Å². The van der Waals surface area contributed by atoms with Crippen molar-refractivity contribution in [1.82, 2.24) is 15.5 Å². The van der Waals surface area contributed by atoms with Crippen molar-refractivity contribution in [1.29, 1.82) is 0 Å². The third-order valence-corrected chi connectivity index (χ3v) is 5.03. The lowest BCUT2D eigenvalue weighted by molar-refractivity contribution is 0.331. The summed E-state index contributed by atoms with van der Waals surface area (Å²) in [5.41, 5.74) is 2.87.